The maximum absolute atomic E-state index is 12.3. The number of hydrogen-bond donors (Lipinski definition) is 1. The molecule has 1 N–H and O–H groups in total. The number of nitrogens with one attached hydrogen (secondary N) is 1. The van der Waals surface area contributed by atoms with Gasteiger partial charge in [0.25, 0.3) is 5.91 Å². The highest BCUT2D eigenvalue weighted by atomic mass is 16.5. The summed E-state index contributed by atoms with van der Waals surface area (Å²) in [6.45, 7) is 4.16. The minimum Gasteiger partial charge on any atom is -0.380 e. The fourth-order valence-corrected chi connectivity index (χ4v) is 2.19. The number of carbonyl (C=O) groups is 1. The van der Waals surface area contributed by atoms with Gasteiger partial charge in [-0.25, -0.2) is 9.97 Å². The number of carbonyl (C=O) groups excluding carboxylic acids is 1. The fourth-order valence-electron chi connectivity index (χ4n) is 2.19. The van der Waals surface area contributed by atoms with E-state index >= 15 is 0 Å². The number of piperidine rings is 1. The van der Waals surface area contributed by atoms with E-state index in [1.54, 1.807) is 18.2 Å². The zero-order valence-corrected chi connectivity index (χ0v) is 11.4. The molecule has 2 rings (SSSR count). The lowest BCUT2D eigenvalue weighted by molar-refractivity contribution is 0.0265. The van der Waals surface area contributed by atoms with Gasteiger partial charge in [0, 0.05) is 26.7 Å². The maximum atomic E-state index is 12.3. The zero-order chi connectivity index (χ0) is 13.7. The van der Waals surface area contributed by atoms with Gasteiger partial charge < -0.3 is 15.0 Å². The number of aromatic nitrogens is 2. The Kier molecular flexibility index (Phi) is 4.68. The van der Waals surface area contributed by atoms with E-state index in [-0.39, 0.29) is 12.0 Å². The first-order chi connectivity index (χ1) is 9.24. The average molecular weight is 264 g/mol. The van der Waals surface area contributed by atoms with Crippen molar-refractivity contribution in [2.75, 3.05) is 32.1 Å². The topological polar surface area (TPSA) is 67.4 Å². The molecule has 19 heavy (non-hydrogen) atoms. The Balaban J connectivity index is 2.02. The molecule has 1 aromatic rings. The summed E-state index contributed by atoms with van der Waals surface area (Å²) in [6, 6.07) is 0. The molecule has 0 radical (unpaired) electrons. The molecule has 0 aliphatic carbocycles. The van der Waals surface area contributed by atoms with Crippen molar-refractivity contribution in [3.05, 3.63) is 18.1 Å². The van der Waals surface area contributed by atoms with Crippen molar-refractivity contribution in [3.8, 4) is 0 Å². The molecule has 0 bridgehead atoms. The number of hydrogen-bond acceptors (Lipinski definition) is 5. The minimum atomic E-state index is -0.0719. The van der Waals surface area contributed by atoms with E-state index in [2.05, 4.69) is 15.3 Å². The number of amides is 1. The number of anilines is 1. The number of rotatable bonds is 4. The van der Waals surface area contributed by atoms with Crippen molar-refractivity contribution in [3.63, 3.8) is 0 Å². The Labute approximate surface area is 113 Å². The molecule has 0 aromatic carbocycles. The molecule has 2 heterocycles. The van der Waals surface area contributed by atoms with E-state index in [0.717, 1.165) is 25.9 Å². The fraction of sp³-hybridized carbons (Fsp3) is 0.615. The SMILES string of the molecule is CCNc1cnc(C(=O)N2CCCC(OC)C2)cn1. The Bertz CT molecular complexity index is 421. The molecule has 0 spiro atoms. The Morgan fingerprint density at radius 1 is 1.53 bits per heavy atom. The monoisotopic (exact) mass is 264 g/mol. The third kappa shape index (κ3) is 3.41. The lowest BCUT2D eigenvalue weighted by Crippen LogP contribution is -2.43. The Morgan fingerprint density at radius 2 is 2.37 bits per heavy atom. The minimum absolute atomic E-state index is 0.0719. The van der Waals surface area contributed by atoms with Crippen LogP contribution in [0.4, 0.5) is 5.82 Å². The van der Waals surface area contributed by atoms with E-state index in [9.17, 15) is 4.79 Å². The van der Waals surface area contributed by atoms with Gasteiger partial charge in [-0.1, -0.05) is 0 Å². The molecule has 1 aromatic heterocycles. The van der Waals surface area contributed by atoms with Gasteiger partial charge in [-0.15, -0.1) is 0 Å². The van der Waals surface area contributed by atoms with E-state index in [1.165, 1.54) is 6.20 Å². The largest absolute Gasteiger partial charge is 0.380 e. The standard InChI is InChI=1S/C13H20N4O2/c1-3-14-12-8-15-11(7-16-12)13(18)17-6-4-5-10(9-17)19-2/h7-8,10H,3-6,9H2,1-2H3,(H,14,16). The van der Waals surface area contributed by atoms with Gasteiger partial charge in [0.05, 0.1) is 18.5 Å². The third-order valence-electron chi connectivity index (χ3n) is 3.23. The van der Waals surface area contributed by atoms with Crippen molar-refractivity contribution in [1.82, 2.24) is 14.9 Å². The molecular formula is C13H20N4O2. The van der Waals surface area contributed by atoms with Gasteiger partial charge in [-0.05, 0) is 19.8 Å². The summed E-state index contributed by atoms with van der Waals surface area (Å²) in [4.78, 5) is 22.4. The molecular weight excluding hydrogens is 244 g/mol. The molecule has 1 amide bonds. The summed E-state index contributed by atoms with van der Waals surface area (Å²) < 4.78 is 5.32. The normalized spacial score (nSPS) is 19.3. The van der Waals surface area contributed by atoms with Crippen LogP contribution >= 0.6 is 0 Å². The van der Waals surface area contributed by atoms with Crippen molar-refractivity contribution >= 4 is 11.7 Å². The Morgan fingerprint density at radius 3 is 3.00 bits per heavy atom. The van der Waals surface area contributed by atoms with Gasteiger partial charge in [0.1, 0.15) is 11.5 Å². The molecule has 6 heteroatoms. The summed E-state index contributed by atoms with van der Waals surface area (Å²) in [5.74, 6) is 0.616. The van der Waals surface area contributed by atoms with Crippen LogP contribution in [0, 0.1) is 0 Å². The molecule has 1 unspecified atom stereocenters. The van der Waals surface area contributed by atoms with Gasteiger partial charge in [0.2, 0.25) is 0 Å². The second-order valence-corrected chi connectivity index (χ2v) is 4.57. The van der Waals surface area contributed by atoms with Gasteiger partial charge in [-0.3, -0.25) is 4.79 Å². The van der Waals surface area contributed by atoms with Crippen LogP contribution in [0.5, 0.6) is 0 Å². The second-order valence-electron chi connectivity index (χ2n) is 4.57. The van der Waals surface area contributed by atoms with Gasteiger partial charge in [0.15, 0.2) is 0 Å². The molecule has 6 nitrogen and oxygen atoms in total. The van der Waals surface area contributed by atoms with Crippen molar-refractivity contribution in [2.45, 2.75) is 25.9 Å². The van der Waals surface area contributed by atoms with Crippen molar-refractivity contribution < 1.29 is 9.53 Å². The third-order valence-corrected chi connectivity index (χ3v) is 3.23. The van der Waals surface area contributed by atoms with Crippen molar-refractivity contribution in [2.24, 2.45) is 0 Å². The molecule has 1 fully saturated rings. The van der Waals surface area contributed by atoms with Crippen LogP contribution < -0.4 is 5.32 Å². The number of ether oxygens (including phenoxy) is 1. The Hall–Kier alpha value is -1.69. The van der Waals surface area contributed by atoms with Crippen LogP contribution in [0.3, 0.4) is 0 Å². The molecule has 104 valence electrons. The molecule has 1 atom stereocenters. The summed E-state index contributed by atoms with van der Waals surface area (Å²) in [5.41, 5.74) is 0.387. The first-order valence-electron chi connectivity index (χ1n) is 6.62. The molecule has 0 saturated carbocycles. The first-order valence-corrected chi connectivity index (χ1v) is 6.62. The van der Waals surface area contributed by atoms with E-state index < -0.39 is 0 Å². The van der Waals surface area contributed by atoms with E-state index in [1.807, 2.05) is 6.92 Å². The lowest BCUT2D eigenvalue weighted by Gasteiger charge is -2.31. The average Bonchev–Trinajstić information content (AvgIpc) is 2.48. The second kappa shape index (κ2) is 6.47. The van der Waals surface area contributed by atoms with Crippen molar-refractivity contribution in [1.29, 1.82) is 0 Å². The number of nitrogens with zero attached hydrogens (tertiary/aromatic N) is 3. The maximum Gasteiger partial charge on any atom is 0.274 e. The predicted octanol–water partition coefficient (Wildman–Crippen LogP) is 1.16. The van der Waals surface area contributed by atoms with Gasteiger partial charge in [-0.2, -0.15) is 0 Å². The molecule has 1 aliphatic heterocycles. The zero-order valence-electron chi connectivity index (χ0n) is 11.4. The lowest BCUT2D eigenvalue weighted by atomic mass is 10.1. The summed E-state index contributed by atoms with van der Waals surface area (Å²) in [7, 11) is 1.68. The summed E-state index contributed by atoms with van der Waals surface area (Å²) >= 11 is 0. The quantitative estimate of drug-likeness (QED) is 0.884. The van der Waals surface area contributed by atoms with Crippen LogP contribution in [0.25, 0.3) is 0 Å². The summed E-state index contributed by atoms with van der Waals surface area (Å²) in [6.07, 6.45) is 5.22. The van der Waals surface area contributed by atoms with Crippen LogP contribution in [-0.2, 0) is 4.74 Å². The predicted molar refractivity (Wildman–Crippen MR) is 72.1 cm³/mol. The van der Waals surface area contributed by atoms with Crippen LogP contribution in [-0.4, -0.2) is 53.6 Å². The smallest absolute Gasteiger partial charge is 0.274 e. The first kappa shape index (κ1) is 13.7. The highest BCUT2D eigenvalue weighted by Crippen LogP contribution is 2.14. The molecule has 1 saturated heterocycles. The highest BCUT2D eigenvalue weighted by molar-refractivity contribution is 5.92. The van der Waals surface area contributed by atoms with Crippen LogP contribution in [0.1, 0.15) is 30.3 Å². The van der Waals surface area contributed by atoms with Crippen LogP contribution in [0.15, 0.2) is 12.4 Å². The molecule has 1 aliphatic rings. The number of likely N-dealkylation sites (tertiary alicyclic amines) is 1. The summed E-state index contributed by atoms with van der Waals surface area (Å²) in [5, 5.41) is 3.05. The highest BCUT2D eigenvalue weighted by Gasteiger charge is 2.25. The van der Waals surface area contributed by atoms with Gasteiger partial charge >= 0.3 is 0 Å². The van der Waals surface area contributed by atoms with Crippen LogP contribution in [0.2, 0.25) is 0 Å². The van der Waals surface area contributed by atoms with E-state index in [0.29, 0.717) is 18.1 Å². The number of methoxy groups -OCH3 is 1. The van der Waals surface area contributed by atoms with E-state index in [4.69, 9.17) is 4.74 Å².